The molecule has 0 aliphatic carbocycles. The molecule has 0 radical (unpaired) electrons. The van der Waals surface area contributed by atoms with Crippen molar-refractivity contribution in [3.63, 3.8) is 0 Å². The Morgan fingerprint density at radius 2 is 2.07 bits per heavy atom. The van der Waals surface area contributed by atoms with E-state index < -0.39 is 9.84 Å². The molecule has 1 rings (SSSR count). The summed E-state index contributed by atoms with van der Waals surface area (Å²) >= 11 is 2.24. The van der Waals surface area contributed by atoms with Gasteiger partial charge in [-0.15, -0.1) is 0 Å². The van der Waals surface area contributed by atoms with Crippen LogP contribution in [0.15, 0.2) is 29.4 Å². The topological polar surface area (TPSA) is 47.0 Å². The van der Waals surface area contributed by atoms with Gasteiger partial charge in [0.1, 0.15) is 0 Å². The summed E-state index contributed by atoms with van der Waals surface area (Å²) in [5, 5.41) is 0.188. The highest BCUT2D eigenvalue weighted by molar-refractivity contribution is 14.1. The fourth-order valence-electron chi connectivity index (χ4n) is 1.02. The van der Waals surface area contributed by atoms with E-state index in [2.05, 4.69) is 27.6 Å². The Hall–Kier alpha value is -0.170. The van der Waals surface area contributed by atoms with Crippen LogP contribution in [0.4, 0.5) is 0 Å². The summed E-state index contributed by atoms with van der Waals surface area (Å²) in [6.45, 7) is 0. The molecule has 0 N–H and O–H groups in total. The lowest BCUT2D eigenvalue weighted by Gasteiger charge is -2.01. The maximum Gasteiger partial charge on any atom is 0.195 e. The number of pyridine rings is 1. The number of alkyl halides is 1. The van der Waals surface area contributed by atoms with E-state index in [1.165, 1.54) is 6.20 Å². The minimum atomic E-state index is -3.15. The number of rotatable bonds is 5. The van der Waals surface area contributed by atoms with Crippen LogP contribution in [0, 0.1) is 0 Å². The van der Waals surface area contributed by atoms with E-state index in [9.17, 15) is 8.42 Å². The molecule has 0 bridgehead atoms. The van der Waals surface area contributed by atoms with Crippen molar-refractivity contribution >= 4 is 32.4 Å². The normalized spacial score (nSPS) is 11.5. The molecular formula is C9H12INO2S. The van der Waals surface area contributed by atoms with Crippen LogP contribution in [0.3, 0.4) is 0 Å². The lowest BCUT2D eigenvalue weighted by Crippen LogP contribution is -2.08. The fourth-order valence-corrected chi connectivity index (χ4v) is 2.86. The molecule has 0 aliphatic heterocycles. The van der Waals surface area contributed by atoms with Crippen LogP contribution in [0.5, 0.6) is 0 Å². The van der Waals surface area contributed by atoms with Gasteiger partial charge in [-0.3, -0.25) is 0 Å². The monoisotopic (exact) mass is 325 g/mol. The first kappa shape index (κ1) is 11.9. The van der Waals surface area contributed by atoms with Gasteiger partial charge >= 0.3 is 0 Å². The zero-order valence-electron chi connectivity index (χ0n) is 7.69. The quantitative estimate of drug-likeness (QED) is 0.473. The van der Waals surface area contributed by atoms with Crippen molar-refractivity contribution in [1.82, 2.24) is 4.98 Å². The van der Waals surface area contributed by atoms with Gasteiger partial charge in [0.15, 0.2) is 14.9 Å². The number of hydrogen-bond donors (Lipinski definition) is 0. The lowest BCUT2D eigenvalue weighted by molar-refractivity contribution is 0.589. The molecule has 1 aromatic rings. The molecule has 0 unspecified atom stereocenters. The molecule has 14 heavy (non-hydrogen) atoms. The average Bonchev–Trinajstić information content (AvgIpc) is 2.19. The van der Waals surface area contributed by atoms with E-state index in [0.717, 1.165) is 10.8 Å². The summed E-state index contributed by atoms with van der Waals surface area (Å²) in [4.78, 5) is 3.84. The zero-order chi connectivity index (χ0) is 10.4. The van der Waals surface area contributed by atoms with Gasteiger partial charge in [-0.2, -0.15) is 0 Å². The van der Waals surface area contributed by atoms with Crippen molar-refractivity contribution in [3.8, 4) is 0 Å². The maximum absolute atomic E-state index is 11.6. The fraction of sp³-hybridized carbons (Fsp3) is 0.444. The third-order valence-corrected chi connectivity index (χ3v) is 4.22. The molecule has 0 atom stereocenters. The SMILES string of the molecule is O=S(=O)(CCCCI)c1ccccn1. The number of nitrogens with zero attached hydrogens (tertiary/aromatic N) is 1. The van der Waals surface area contributed by atoms with Gasteiger partial charge in [0.2, 0.25) is 0 Å². The van der Waals surface area contributed by atoms with Gasteiger partial charge < -0.3 is 0 Å². The minimum Gasteiger partial charge on any atom is -0.245 e. The van der Waals surface area contributed by atoms with E-state index in [-0.39, 0.29) is 10.8 Å². The highest BCUT2D eigenvalue weighted by Crippen LogP contribution is 2.09. The summed E-state index contributed by atoms with van der Waals surface area (Å²) in [6, 6.07) is 4.95. The molecule has 0 saturated heterocycles. The van der Waals surface area contributed by atoms with Crippen LogP contribution in [-0.2, 0) is 9.84 Å². The second-order valence-electron chi connectivity index (χ2n) is 2.88. The molecule has 0 amide bonds. The first-order valence-electron chi connectivity index (χ1n) is 4.36. The standard InChI is InChI=1S/C9H12INO2S/c10-6-2-4-8-14(12,13)9-5-1-3-7-11-9/h1,3,5,7H,2,4,6,8H2. The molecule has 0 saturated carbocycles. The second-order valence-corrected chi connectivity index (χ2v) is 6.02. The number of sulfone groups is 1. The summed E-state index contributed by atoms with van der Waals surface area (Å²) in [5.41, 5.74) is 0. The Morgan fingerprint density at radius 1 is 1.29 bits per heavy atom. The first-order valence-corrected chi connectivity index (χ1v) is 7.54. The first-order chi connectivity index (χ1) is 6.67. The third-order valence-electron chi connectivity index (χ3n) is 1.75. The van der Waals surface area contributed by atoms with E-state index >= 15 is 0 Å². The number of unbranched alkanes of at least 4 members (excludes halogenated alkanes) is 1. The number of aromatic nitrogens is 1. The van der Waals surface area contributed by atoms with Crippen LogP contribution in [0.2, 0.25) is 0 Å². The summed E-state index contributed by atoms with van der Waals surface area (Å²) in [7, 11) is -3.15. The number of hydrogen-bond acceptors (Lipinski definition) is 3. The summed E-state index contributed by atoms with van der Waals surface area (Å²) in [5.74, 6) is 0.201. The van der Waals surface area contributed by atoms with Crippen LogP contribution >= 0.6 is 22.6 Å². The van der Waals surface area contributed by atoms with Crippen LogP contribution in [0.1, 0.15) is 12.8 Å². The largest absolute Gasteiger partial charge is 0.245 e. The predicted molar refractivity (Wildman–Crippen MR) is 64.4 cm³/mol. The van der Waals surface area contributed by atoms with Crippen LogP contribution in [0.25, 0.3) is 0 Å². The van der Waals surface area contributed by atoms with Crippen molar-refractivity contribution in [2.24, 2.45) is 0 Å². The van der Waals surface area contributed by atoms with Crippen molar-refractivity contribution in [3.05, 3.63) is 24.4 Å². The molecule has 1 aromatic heterocycles. The van der Waals surface area contributed by atoms with E-state index in [1.54, 1.807) is 18.2 Å². The Balaban J connectivity index is 2.67. The maximum atomic E-state index is 11.6. The second kappa shape index (κ2) is 5.65. The highest BCUT2D eigenvalue weighted by atomic mass is 127. The van der Waals surface area contributed by atoms with Gasteiger partial charge in [-0.1, -0.05) is 28.7 Å². The van der Waals surface area contributed by atoms with Crippen molar-refractivity contribution < 1.29 is 8.42 Å². The Kier molecular flexibility index (Phi) is 4.80. The molecule has 1 heterocycles. The molecular weight excluding hydrogens is 313 g/mol. The third kappa shape index (κ3) is 3.53. The van der Waals surface area contributed by atoms with E-state index in [4.69, 9.17) is 0 Å². The molecule has 3 nitrogen and oxygen atoms in total. The van der Waals surface area contributed by atoms with Crippen LogP contribution in [-0.4, -0.2) is 23.6 Å². The van der Waals surface area contributed by atoms with Gasteiger partial charge in [-0.05, 0) is 29.4 Å². The smallest absolute Gasteiger partial charge is 0.195 e. The molecule has 0 fully saturated rings. The molecule has 5 heteroatoms. The lowest BCUT2D eigenvalue weighted by atomic mass is 10.4. The molecule has 0 spiro atoms. The highest BCUT2D eigenvalue weighted by Gasteiger charge is 2.14. The number of halogens is 1. The molecule has 78 valence electrons. The van der Waals surface area contributed by atoms with E-state index in [0.29, 0.717) is 6.42 Å². The van der Waals surface area contributed by atoms with Gasteiger partial charge in [0.05, 0.1) is 5.75 Å². The van der Waals surface area contributed by atoms with Gasteiger partial charge in [0, 0.05) is 6.20 Å². The minimum absolute atomic E-state index is 0.188. The summed E-state index contributed by atoms with van der Waals surface area (Å²) in [6.07, 6.45) is 3.15. The van der Waals surface area contributed by atoms with Crippen molar-refractivity contribution in [2.75, 3.05) is 10.2 Å². The van der Waals surface area contributed by atoms with Gasteiger partial charge in [-0.25, -0.2) is 13.4 Å². The predicted octanol–water partition coefficient (Wildman–Crippen LogP) is 2.07. The molecule has 0 aromatic carbocycles. The van der Waals surface area contributed by atoms with E-state index in [1.807, 2.05) is 0 Å². The van der Waals surface area contributed by atoms with Crippen molar-refractivity contribution in [1.29, 1.82) is 0 Å². The Bertz CT molecular complexity index is 364. The average molecular weight is 325 g/mol. The summed E-state index contributed by atoms with van der Waals surface area (Å²) < 4.78 is 24.3. The Morgan fingerprint density at radius 3 is 2.64 bits per heavy atom. The zero-order valence-corrected chi connectivity index (χ0v) is 10.7. The van der Waals surface area contributed by atoms with Crippen LogP contribution < -0.4 is 0 Å². The molecule has 0 aliphatic rings. The van der Waals surface area contributed by atoms with Gasteiger partial charge in [0.25, 0.3) is 0 Å². The Labute approximate surface area is 98.0 Å². The van der Waals surface area contributed by atoms with Crippen molar-refractivity contribution in [2.45, 2.75) is 17.9 Å².